The van der Waals surface area contributed by atoms with Crippen molar-refractivity contribution in [1.82, 2.24) is 19.9 Å². The van der Waals surface area contributed by atoms with Gasteiger partial charge in [-0.1, -0.05) is 36.4 Å². The lowest BCUT2D eigenvalue weighted by atomic mass is 10.2. The highest BCUT2D eigenvalue weighted by atomic mass is 16.5. The van der Waals surface area contributed by atoms with Crippen LogP contribution in [-0.2, 0) is 0 Å². The molecule has 0 unspecified atom stereocenters. The maximum Gasteiger partial charge on any atom is 0.275 e. The van der Waals surface area contributed by atoms with E-state index in [1.165, 1.54) is 0 Å². The van der Waals surface area contributed by atoms with Crippen LogP contribution in [0, 0.1) is 0 Å². The average molecular weight is 557 g/mol. The lowest BCUT2D eigenvalue weighted by molar-refractivity contribution is 0.101. The highest BCUT2D eigenvalue weighted by Gasteiger charge is 2.16. The zero-order valence-corrected chi connectivity index (χ0v) is 22.7. The first-order chi connectivity index (χ1) is 20.5. The minimum atomic E-state index is -0.452. The van der Waals surface area contributed by atoms with E-state index in [1.54, 1.807) is 62.8 Å². The molecular weight excluding hydrogens is 532 g/mol. The lowest BCUT2D eigenvalue weighted by Gasteiger charge is -2.11. The number of fused-ring (bicyclic) bond motifs is 2. The number of ether oxygens (including phenoxy) is 2. The second-order valence-corrected chi connectivity index (χ2v) is 9.18. The topological polar surface area (TPSA) is 128 Å². The molecule has 42 heavy (non-hydrogen) atoms. The molecular formula is C32H24N6O4. The van der Waals surface area contributed by atoms with Crippen molar-refractivity contribution in [3.8, 4) is 22.9 Å². The average Bonchev–Trinajstić information content (AvgIpc) is 3.04. The molecule has 0 saturated carbocycles. The number of methoxy groups -OCH3 is 2. The molecule has 6 aromatic rings. The SMILES string of the molecule is COc1cc(NC(=O)c2cccc(-c3cccc(C(=O)Nc4cc(OC)c5ccccc5n4)n3)n2)nc2ccccc12. The lowest BCUT2D eigenvalue weighted by Crippen LogP contribution is -2.16. The molecule has 2 N–H and O–H groups in total. The van der Waals surface area contributed by atoms with Crippen LogP contribution >= 0.6 is 0 Å². The van der Waals surface area contributed by atoms with Crippen LogP contribution in [-0.4, -0.2) is 46.0 Å². The summed E-state index contributed by atoms with van der Waals surface area (Å²) in [5, 5.41) is 7.25. The van der Waals surface area contributed by atoms with E-state index in [9.17, 15) is 9.59 Å². The Morgan fingerprint density at radius 1 is 0.548 bits per heavy atom. The van der Waals surface area contributed by atoms with Crippen molar-refractivity contribution in [2.75, 3.05) is 24.9 Å². The molecule has 206 valence electrons. The summed E-state index contributed by atoms with van der Waals surface area (Å²) < 4.78 is 10.9. The van der Waals surface area contributed by atoms with Gasteiger partial charge in [-0.3, -0.25) is 9.59 Å². The molecule has 10 nitrogen and oxygen atoms in total. The first-order valence-corrected chi connectivity index (χ1v) is 13.0. The number of amides is 2. The Kier molecular flexibility index (Phi) is 7.08. The smallest absolute Gasteiger partial charge is 0.275 e. The Morgan fingerprint density at radius 3 is 1.40 bits per heavy atom. The molecule has 4 heterocycles. The molecule has 0 aliphatic heterocycles. The van der Waals surface area contributed by atoms with Gasteiger partial charge in [0.25, 0.3) is 11.8 Å². The first kappa shape index (κ1) is 26.3. The standard InChI is InChI=1S/C32H24N6O4/c1-41-27-17-29(35-21-11-5-3-9-19(21)27)37-31(39)25-15-7-13-23(33-25)24-14-8-16-26(34-24)32(40)38-30-18-28(42-2)20-10-4-6-12-22(20)36-30/h3-18H,1-2H3,(H,35,37,39)(H,36,38,40). The molecule has 0 atom stereocenters. The predicted molar refractivity (Wildman–Crippen MR) is 160 cm³/mol. The summed E-state index contributed by atoms with van der Waals surface area (Å²) in [6, 6.07) is 28.3. The number of benzene rings is 2. The molecule has 0 aliphatic rings. The van der Waals surface area contributed by atoms with Gasteiger partial charge < -0.3 is 20.1 Å². The number of carbonyl (C=O) groups is 2. The van der Waals surface area contributed by atoms with Gasteiger partial charge >= 0.3 is 0 Å². The highest BCUT2D eigenvalue weighted by molar-refractivity contribution is 6.04. The molecule has 10 heteroatoms. The first-order valence-electron chi connectivity index (χ1n) is 13.0. The number of pyridine rings is 4. The van der Waals surface area contributed by atoms with Crippen LogP contribution in [0.3, 0.4) is 0 Å². The van der Waals surface area contributed by atoms with Crippen LogP contribution in [0.4, 0.5) is 11.6 Å². The predicted octanol–water partition coefficient (Wildman–Crippen LogP) is 5.76. The van der Waals surface area contributed by atoms with Gasteiger partial charge in [-0.25, -0.2) is 19.9 Å². The van der Waals surface area contributed by atoms with Gasteiger partial charge in [-0.15, -0.1) is 0 Å². The van der Waals surface area contributed by atoms with Gasteiger partial charge in [-0.05, 0) is 48.5 Å². The van der Waals surface area contributed by atoms with Crippen LogP contribution in [0.1, 0.15) is 21.0 Å². The summed E-state index contributed by atoms with van der Waals surface area (Å²) in [6.07, 6.45) is 0. The van der Waals surface area contributed by atoms with E-state index in [-0.39, 0.29) is 11.4 Å². The van der Waals surface area contributed by atoms with Crippen LogP contribution < -0.4 is 20.1 Å². The van der Waals surface area contributed by atoms with E-state index in [2.05, 4.69) is 30.6 Å². The molecule has 0 fully saturated rings. The number of hydrogen-bond donors (Lipinski definition) is 2. The summed E-state index contributed by atoms with van der Waals surface area (Å²) in [7, 11) is 3.13. The Morgan fingerprint density at radius 2 is 0.976 bits per heavy atom. The molecule has 0 aliphatic carbocycles. The molecule has 0 saturated heterocycles. The third kappa shape index (κ3) is 5.28. The van der Waals surface area contributed by atoms with Crippen molar-refractivity contribution in [1.29, 1.82) is 0 Å². The van der Waals surface area contributed by atoms with E-state index in [0.29, 0.717) is 45.6 Å². The Labute approximate surface area is 240 Å². The van der Waals surface area contributed by atoms with Crippen LogP contribution in [0.2, 0.25) is 0 Å². The fourth-order valence-electron chi connectivity index (χ4n) is 4.52. The Balaban J connectivity index is 1.23. The minimum Gasteiger partial charge on any atom is -0.496 e. The van der Waals surface area contributed by atoms with Crippen molar-refractivity contribution < 1.29 is 19.1 Å². The molecule has 6 rings (SSSR count). The normalized spacial score (nSPS) is 10.8. The number of anilines is 2. The number of nitrogens with zero attached hydrogens (tertiary/aromatic N) is 4. The molecule has 0 spiro atoms. The minimum absolute atomic E-state index is 0.158. The van der Waals surface area contributed by atoms with Crippen LogP contribution in [0.25, 0.3) is 33.2 Å². The van der Waals surface area contributed by atoms with Crippen LogP contribution in [0.15, 0.2) is 97.1 Å². The van der Waals surface area contributed by atoms with Crippen molar-refractivity contribution in [3.05, 3.63) is 108 Å². The zero-order valence-electron chi connectivity index (χ0n) is 22.7. The van der Waals surface area contributed by atoms with Gasteiger partial charge in [0.1, 0.15) is 34.5 Å². The molecule has 4 aromatic heterocycles. The summed E-state index contributed by atoms with van der Waals surface area (Å²) >= 11 is 0. The van der Waals surface area contributed by atoms with Crippen LogP contribution in [0.5, 0.6) is 11.5 Å². The van der Waals surface area contributed by atoms with E-state index in [0.717, 1.165) is 10.8 Å². The van der Waals surface area contributed by atoms with Gasteiger partial charge in [-0.2, -0.15) is 0 Å². The second kappa shape index (κ2) is 11.3. The number of aromatic nitrogens is 4. The number of nitrogens with one attached hydrogen (secondary N) is 2. The van der Waals surface area contributed by atoms with Crippen molar-refractivity contribution >= 4 is 45.3 Å². The summed E-state index contributed by atoms with van der Waals surface area (Å²) in [5.74, 6) is 0.944. The monoisotopic (exact) mass is 556 g/mol. The fraction of sp³-hybridized carbons (Fsp3) is 0.0625. The number of hydrogen-bond acceptors (Lipinski definition) is 8. The van der Waals surface area contributed by atoms with Gasteiger partial charge in [0.2, 0.25) is 0 Å². The van der Waals surface area contributed by atoms with Gasteiger partial charge in [0.15, 0.2) is 0 Å². The summed E-state index contributed by atoms with van der Waals surface area (Å²) in [6.45, 7) is 0. The van der Waals surface area contributed by atoms with Gasteiger partial charge in [0.05, 0.1) is 36.6 Å². The molecule has 0 bridgehead atoms. The summed E-state index contributed by atoms with van der Waals surface area (Å²) in [4.78, 5) is 44.2. The molecule has 2 amide bonds. The van der Waals surface area contributed by atoms with E-state index in [1.807, 2.05) is 48.5 Å². The number of carbonyl (C=O) groups excluding carboxylic acids is 2. The summed E-state index contributed by atoms with van der Waals surface area (Å²) in [5.41, 5.74) is 2.53. The zero-order chi connectivity index (χ0) is 29.1. The number of rotatable bonds is 7. The third-order valence-corrected chi connectivity index (χ3v) is 6.51. The van der Waals surface area contributed by atoms with E-state index < -0.39 is 11.8 Å². The molecule has 2 aromatic carbocycles. The van der Waals surface area contributed by atoms with Gasteiger partial charge in [0, 0.05) is 22.9 Å². The largest absolute Gasteiger partial charge is 0.496 e. The van der Waals surface area contributed by atoms with Crippen molar-refractivity contribution in [2.24, 2.45) is 0 Å². The van der Waals surface area contributed by atoms with Crippen molar-refractivity contribution in [3.63, 3.8) is 0 Å². The van der Waals surface area contributed by atoms with Crippen molar-refractivity contribution in [2.45, 2.75) is 0 Å². The number of para-hydroxylation sites is 2. The quantitative estimate of drug-likeness (QED) is 0.254. The Hall–Kier alpha value is -5.90. The third-order valence-electron chi connectivity index (χ3n) is 6.51. The molecule has 0 radical (unpaired) electrons. The maximum atomic E-state index is 13.1. The highest BCUT2D eigenvalue weighted by Crippen LogP contribution is 2.28. The maximum absolute atomic E-state index is 13.1. The van der Waals surface area contributed by atoms with E-state index >= 15 is 0 Å². The second-order valence-electron chi connectivity index (χ2n) is 9.18. The van der Waals surface area contributed by atoms with E-state index in [4.69, 9.17) is 9.47 Å². The Bertz CT molecular complexity index is 1830. The fourth-order valence-corrected chi connectivity index (χ4v) is 4.52.